The molecular weight excluding hydrogens is 242 g/mol. The van der Waals surface area contributed by atoms with E-state index in [9.17, 15) is 4.79 Å². The zero-order valence-corrected chi connectivity index (χ0v) is 9.63. The van der Waals surface area contributed by atoms with Crippen LogP contribution in [0, 0.1) is 6.92 Å². The first-order valence-corrected chi connectivity index (χ1v) is 5.14. The van der Waals surface area contributed by atoms with Gasteiger partial charge in [-0.25, -0.2) is 0 Å². The lowest BCUT2D eigenvalue weighted by atomic mass is 10.1. The Morgan fingerprint density at radius 3 is 2.79 bits per heavy atom. The minimum atomic E-state index is 0.725. The monoisotopic (exact) mass is 251 g/mol. The highest BCUT2D eigenvalue weighted by atomic mass is 79.9. The normalized spacial score (nSPS) is 10.8. The number of hydrogen-bond acceptors (Lipinski definition) is 1. The molecule has 0 radical (unpaired) electrons. The SMILES string of the molecule is Cc1ccc2c(C=O)c(Br)n(C)c2c1. The molecule has 0 aliphatic rings. The number of rotatable bonds is 1. The Morgan fingerprint density at radius 1 is 1.43 bits per heavy atom. The summed E-state index contributed by atoms with van der Waals surface area (Å²) in [5.74, 6) is 0. The van der Waals surface area contributed by atoms with Crippen molar-refractivity contribution in [2.75, 3.05) is 0 Å². The Morgan fingerprint density at radius 2 is 2.14 bits per heavy atom. The van der Waals surface area contributed by atoms with E-state index in [1.54, 1.807) is 0 Å². The maximum Gasteiger partial charge on any atom is 0.153 e. The van der Waals surface area contributed by atoms with Crippen LogP contribution in [0.15, 0.2) is 22.8 Å². The van der Waals surface area contributed by atoms with Crippen LogP contribution in [0.2, 0.25) is 0 Å². The van der Waals surface area contributed by atoms with E-state index in [-0.39, 0.29) is 0 Å². The van der Waals surface area contributed by atoms with Gasteiger partial charge in [0.1, 0.15) is 0 Å². The molecule has 0 bridgehead atoms. The maximum absolute atomic E-state index is 10.9. The minimum absolute atomic E-state index is 0.725. The molecule has 0 N–H and O–H groups in total. The number of carbonyl (C=O) groups is 1. The zero-order chi connectivity index (χ0) is 10.3. The lowest BCUT2D eigenvalue weighted by Gasteiger charge is -1.97. The second-order valence-corrected chi connectivity index (χ2v) is 4.15. The summed E-state index contributed by atoms with van der Waals surface area (Å²) in [6.07, 6.45) is 0.891. The van der Waals surface area contributed by atoms with Gasteiger partial charge < -0.3 is 4.57 Å². The molecule has 1 heterocycles. The maximum atomic E-state index is 10.9. The molecule has 3 heteroatoms. The first-order chi connectivity index (χ1) is 6.65. The van der Waals surface area contributed by atoms with E-state index in [2.05, 4.69) is 22.0 Å². The molecule has 2 nitrogen and oxygen atoms in total. The first-order valence-electron chi connectivity index (χ1n) is 4.35. The van der Waals surface area contributed by atoms with Crippen LogP contribution in [-0.4, -0.2) is 10.9 Å². The van der Waals surface area contributed by atoms with Crippen LogP contribution in [0.25, 0.3) is 10.9 Å². The van der Waals surface area contributed by atoms with Crippen molar-refractivity contribution in [3.63, 3.8) is 0 Å². The molecule has 1 aromatic heterocycles. The number of aryl methyl sites for hydroxylation is 2. The molecule has 0 atom stereocenters. The second-order valence-electron chi connectivity index (χ2n) is 3.40. The number of carbonyl (C=O) groups excluding carboxylic acids is 1. The van der Waals surface area contributed by atoms with Crippen molar-refractivity contribution < 1.29 is 4.79 Å². The average Bonchev–Trinajstić information content (AvgIpc) is 2.41. The third-order valence-electron chi connectivity index (χ3n) is 2.44. The fourth-order valence-corrected chi connectivity index (χ4v) is 2.15. The average molecular weight is 252 g/mol. The van der Waals surface area contributed by atoms with Crippen LogP contribution in [0.5, 0.6) is 0 Å². The summed E-state index contributed by atoms with van der Waals surface area (Å²) < 4.78 is 2.82. The summed E-state index contributed by atoms with van der Waals surface area (Å²) in [4.78, 5) is 10.9. The smallest absolute Gasteiger partial charge is 0.153 e. The van der Waals surface area contributed by atoms with Crippen LogP contribution < -0.4 is 0 Å². The zero-order valence-electron chi connectivity index (χ0n) is 8.04. The van der Waals surface area contributed by atoms with Crippen molar-refractivity contribution in [2.24, 2.45) is 7.05 Å². The van der Waals surface area contributed by atoms with E-state index in [0.29, 0.717) is 0 Å². The lowest BCUT2D eigenvalue weighted by Crippen LogP contribution is -1.87. The van der Waals surface area contributed by atoms with Gasteiger partial charge in [-0.3, -0.25) is 4.79 Å². The second kappa shape index (κ2) is 3.24. The Kier molecular flexibility index (Phi) is 2.19. The van der Waals surface area contributed by atoms with E-state index < -0.39 is 0 Å². The van der Waals surface area contributed by atoms with Gasteiger partial charge in [-0.1, -0.05) is 12.1 Å². The van der Waals surface area contributed by atoms with Crippen molar-refractivity contribution in [3.8, 4) is 0 Å². The van der Waals surface area contributed by atoms with Gasteiger partial charge in [0, 0.05) is 18.0 Å². The molecule has 0 aliphatic carbocycles. The predicted octanol–water partition coefficient (Wildman–Crippen LogP) is 3.06. The van der Waals surface area contributed by atoms with Crippen molar-refractivity contribution >= 4 is 33.1 Å². The lowest BCUT2D eigenvalue weighted by molar-refractivity contribution is 0.112. The minimum Gasteiger partial charge on any atom is -0.338 e. The Balaban J connectivity index is 2.95. The Labute approximate surface area is 90.7 Å². The molecule has 0 fully saturated rings. The molecule has 0 spiro atoms. The van der Waals surface area contributed by atoms with Gasteiger partial charge in [0.15, 0.2) is 6.29 Å². The standard InChI is InChI=1S/C11H10BrNO/c1-7-3-4-8-9(6-14)11(12)13(2)10(8)5-7/h3-6H,1-2H3. The van der Waals surface area contributed by atoms with Crippen molar-refractivity contribution in [2.45, 2.75) is 6.92 Å². The quantitative estimate of drug-likeness (QED) is 0.715. The Hall–Kier alpha value is -1.09. The van der Waals surface area contributed by atoms with Gasteiger partial charge in [0.2, 0.25) is 0 Å². The number of fused-ring (bicyclic) bond motifs is 1. The molecule has 0 unspecified atom stereocenters. The van der Waals surface area contributed by atoms with Crippen molar-refractivity contribution in [1.29, 1.82) is 0 Å². The highest BCUT2D eigenvalue weighted by molar-refractivity contribution is 9.10. The number of nitrogens with zero attached hydrogens (tertiary/aromatic N) is 1. The van der Waals surface area contributed by atoms with Crippen molar-refractivity contribution in [3.05, 3.63) is 33.9 Å². The number of halogens is 1. The highest BCUT2D eigenvalue weighted by Crippen LogP contribution is 2.28. The molecular formula is C11H10BrNO. The number of aldehydes is 1. The van der Waals surface area contributed by atoms with Gasteiger partial charge in [-0.15, -0.1) is 0 Å². The van der Waals surface area contributed by atoms with Gasteiger partial charge >= 0.3 is 0 Å². The molecule has 2 aromatic rings. The fourth-order valence-electron chi connectivity index (χ4n) is 1.66. The topological polar surface area (TPSA) is 22.0 Å². The van der Waals surface area contributed by atoms with Crippen LogP contribution in [0.4, 0.5) is 0 Å². The van der Waals surface area contributed by atoms with E-state index >= 15 is 0 Å². The summed E-state index contributed by atoms with van der Waals surface area (Å²) in [6.45, 7) is 2.04. The summed E-state index contributed by atoms with van der Waals surface area (Å²) >= 11 is 3.41. The van der Waals surface area contributed by atoms with Crippen molar-refractivity contribution in [1.82, 2.24) is 4.57 Å². The summed E-state index contributed by atoms with van der Waals surface area (Å²) in [5, 5.41) is 1.000. The van der Waals surface area contributed by atoms with E-state index in [4.69, 9.17) is 0 Å². The van der Waals surface area contributed by atoms with E-state index in [1.807, 2.05) is 30.7 Å². The van der Waals surface area contributed by atoms with E-state index in [1.165, 1.54) is 5.56 Å². The van der Waals surface area contributed by atoms with Gasteiger partial charge in [-0.05, 0) is 34.5 Å². The molecule has 1 aromatic carbocycles. The molecule has 0 saturated carbocycles. The van der Waals surface area contributed by atoms with Crippen LogP contribution >= 0.6 is 15.9 Å². The predicted molar refractivity (Wildman–Crippen MR) is 60.7 cm³/mol. The Bertz CT molecular complexity index is 513. The summed E-state index contributed by atoms with van der Waals surface area (Å²) in [7, 11) is 1.94. The highest BCUT2D eigenvalue weighted by Gasteiger charge is 2.11. The molecule has 72 valence electrons. The summed E-state index contributed by atoms with van der Waals surface area (Å²) in [5.41, 5.74) is 3.00. The van der Waals surface area contributed by atoms with E-state index in [0.717, 1.165) is 27.4 Å². The molecule has 0 amide bonds. The third kappa shape index (κ3) is 1.20. The van der Waals surface area contributed by atoms with Gasteiger partial charge in [-0.2, -0.15) is 0 Å². The summed E-state index contributed by atoms with van der Waals surface area (Å²) in [6, 6.07) is 6.08. The molecule has 2 rings (SSSR count). The number of hydrogen-bond donors (Lipinski definition) is 0. The van der Waals surface area contributed by atoms with Crippen LogP contribution in [0.3, 0.4) is 0 Å². The number of benzene rings is 1. The molecule has 0 aliphatic heterocycles. The largest absolute Gasteiger partial charge is 0.338 e. The number of aromatic nitrogens is 1. The fraction of sp³-hybridized carbons (Fsp3) is 0.182. The van der Waals surface area contributed by atoms with Crippen LogP contribution in [0.1, 0.15) is 15.9 Å². The molecule has 14 heavy (non-hydrogen) atoms. The first kappa shape index (κ1) is 9.46. The van der Waals surface area contributed by atoms with Gasteiger partial charge in [0.25, 0.3) is 0 Å². The van der Waals surface area contributed by atoms with Gasteiger partial charge in [0.05, 0.1) is 10.2 Å². The third-order valence-corrected chi connectivity index (χ3v) is 3.40. The molecule has 0 saturated heterocycles. The van der Waals surface area contributed by atoms with Crippen LogP contribution in [-0.2, 0) is 7.05 Å².